The number of hydrogen-bond donors (Lipinski definition) is 0. The van der Waals surface area contributed by atoms with E-state index in [1.807, 2.05) is 43.3 Å². The minimum atomic E-state index is -0.580. The van der Waals surface area contributed by atoms with Crippen LogP contribution in [0.15, 0.2) is 72.8 Å². The Morgan fingerprint density at radius 2 is 1.59 bits per heavy atom. The number of carbonyl (C=O) groups excluding carboxylic acids is 2. The second-order valence-electron chi connectivity index (χ2n) is 6.15. The summed E-state index contributed by atoms with van der Waals surface area (Å²) in [4.78, 5) is 24.9. The lowest BCUT2D eigenvalue weighted by atomic mass is 10.1. The highest BCUT2D eigenvalue weighted by Gasteiger charge is 2.17. The molecule has 0 radical (unpaired) electrons. The first kappa shape index (κ1) is 20.9. The van der Waals surface area contributed by atoms with Gasteiger partial charge in [-0.25, -0.2) is 9.59 Å². The molecule has 0 aliphatic heterocycles. The molecule has 0 aliphatic carbocycles. The quantitative estimate of drug-likeness (QED) is 0.196. The van der Waals surface area contributed by atoms with E-state index < -0.39 is 11.9 Å². The number of hydrogen-bond acceptors (Lipinski definition) is 5. The summed E-state index contributed by atoms with van der Waals surface area (Å²) in [5, 5.41) is 0. The molecular formula is C23H19IO5. The van der Waals surface area contributed by atoms with Crippen molar-refractivity contribution in [3.63, 3.8) is 0 Å². The van der Waals surface area contributed by atoms with E-state index in [4.69, 9.17) is 14.2 Å². The van der Waals surface area contributed by atoms with Gasteiger partial charge in [0.25, 0.3) is 0 Å². The Labute approximate surface area is 182 Å². The van der Waals surface area contributed by atoms with E-state index in [9.17, 15) is 9.59 Å². The number of halogens is 1. The van der Waals surface area contributed by atoms with Crippen LogP contribution < -0.4 is 9.47 Å². The van der Waals surface area contributed by atoms with Crippen molar-refractivity contribution >= 4 is 34.5 Å². The van der Waals surface area contributed by atoms with Crippen molar-refractivity contribution in [1.29, 1.82) is 0 Å². The third-order valence-electron chi connectivity index (χ3n) is 4.05. The number of esters is 2. The molecular weight excluding hydrogens is 483 g/mol. The Balaban J connectivity index is 1.61. The molecule has 0 spiro atoms. The van der Waals surface area contributed by atoms with Gasteiger partial charge in [0, 0.05) is 3.57 Å². The number of rotatable bonds is 7. The van der Waals surface area contributed by atoms with E-state index in [1.165, 1.54) is 0 Å². The maximum absolute atomic E-state index is 12.5. The molecule has 3 rings (SSSR count). The summed E-state index contributed by atoms with van der Waals surface area (Å²) in [5.74, 6) is -0.258. The molecule has 6 heteroatoms. The molecule has 0 atom stereocenters. The highest BCUT2D eigenvalue weighted by molar-refractivity contribution is 14.1. The standard InChI is InChI=1S/C23H19IO5/c1-16-11-12-17(15-20(16)24)22(25)29-21-10-6-5-9-19(21)23(26)28-14-13-27-18-7-3-2-4-8-18/h2-12,15H,13-14H2,1H3. The van der Waals surface area contributed by atoms with Gasteiger partial charge in [0.2, 0.25) is 0 Å². The zero-order valence-corrected chi connectivity index (χ0v) is 17.9. The minimum absolute atomic E-state index is 0.0756. The fourth-order valence-electron chi connectivity index (χ4n) is 2.49. The summed E-state index contributed by atoms with van der Waals surface area (Å²) >= 11 is 2.16. The van der Waals surface area contributed by atoms with Gasteiger partial charge in [-0.2, -0.15) is 0 Å². The summed E-state index contributed by atoms with van der Waals surface area (Å²) in [6.07, 6.45) is 0. The van der Waals surface area contributed by atoms with Crippen LogP contribution in [0.5, 0.6) is 11.5 Å². The Hall–Kier alpha value is -2.87. The van der Waals surface area contributed by atoms with Gasteiger partial charge in [-0.3, -0.25) is 0 Å². The highest BCUT2D eigenvalue weighted by atomic mass is 127. The third-order valence-corrected chi connectivity index (χ3v) is 5.21. The zero-order valence-electron chi connectivity index (χ0n) is 15.8. The van der Waals surface area contributed by atoms with Crippen LogP contribution in [0.2, 0.25) is 0 Å². The smallest absolute Gasteiger partial charge is 0.343 e. The molecule has 0 unspecified atom stereocenters. The lowest BCUT2D eigenvalue weighted by Crippen LogP contribution is -2.15. The third kappa shape index (κ3) is 5.80. The van der Waals surface area contributed by atoms with E-state index in [1.54, 1.807) is 36.4 Å². The lowest BCUT2D eigenvalue weighted by molar-refractivity contribution is 0.0445. The van der Waals surface area contributed by atoms with Crippen molar-refractivity contribution in [3.05, 3.63) is 93.1 Å². The highest BCUT2D eigenvalue weighted by Crippen LogP contribution is 2.21. The van der Waals surface area contributed by atoms with E-state index in [0.29, 0.717) is 11.3 Å². The Morgan fingerprint density at radius 3 is 2.34 bits per heavy atom. The molecule has 0 amide bonds. The van der Waals surface area contributed by atoms with Gasteiger partial charge in [0.15, 0.2) is 0 Å². The normalized spacial score (nSPS) is 10.3. The first-order valence-electron chi connectivity index (χ1n) is 8.97. The SMILES string of the molecule is Cc1ccc(C(=O)Oc2ccccc2C(=O)OCCOc2ccccc2)cc1I. The Kier molecular flexibility index (Phi) is 7.24. The van der Waals surface area contributed by atoms with Crippen LogP contribution in [0, 0.1) is 10.5 Å². The molecule has 0 fully saturated rings. The summed E-state index contributed by atoms with van der Waals surface area (Å²) in [6.45, 7) is 2.26. The van der Waals surface area contributed by atoms with Crippen molar-refractivity contribution < 1.29 is 23.8 Å². The average Bonchev–Trinajstić information content (AvgIpc) is 2.74. The summed E-state index contributed by atoms with van der Waals surface area (Å²) < 4.78 is 17.2. The van der Waals surface area contributed by atoms with Gasteiger partial charge in [-0.15, -0.1) is 0 Å². The van der Waals surface area contributed by atoms with Crippen molar-refractivity contribution in [2.75, 3.05) is 13.2 Å². The predicted octanol–water partition coefficient (Wildman–Crippen LogP) is 5.05. The fraction of sp³-hybridized carbons (Fsp3) is 0.130. The summed E-state index contributed by atoms with van der Waals surface area (Å²) in [5.41, 5.74) is 1.67. The molecule has 0 bridgehead atoms. The number of carbonyl (C=O) groups is 2. The lowest BCUT2D eigenvalue weighted by Gasteiger charge is -2.11. The molecule has 0 heterocycles. The number of para-hydroxylation sites is 2. The Bertz CT molecular complexity index is 1000. The van der Waals surface area contributed by atoms with E-state index in [2.05, 4.69) is 22.6 Å². The molecule has 5 nitrogen and oxygen atoms in total. The van der Waals surface area contributed by atoms with Crippen LogP contribution in [0.1, 0.15) is 26.3 Å². The monoisotopic (exact) mass is 502 g/mol. The van der Waals surface area contributed by atoms with Crippen LogP contribution in [0.25, 0.3) is 0 Å². The molecule has 0 aliphatic rings. The van der Waals surface area contributed by atoms with Crippen molar-refractivity contribution in [3.8, 4) is 11.5 Å². The van der Waals surface area contributed by atoms with Gasteiger partial charge in [0.1, 0.15) is 30.3 Å². The van der Waals surface area contributed by atoms with Gasteiger partial charge < -0.3 is 14.2 Å². The van der Waals surface area contributed by atoms with Crippen LogP contribution in [-0.4, -0.2) is 25.2 Å². The average molecular weight is 502 g/mol. The number of aryl methyl sites for hydroxylation is 1. The van der Waals surface area contributed by atoms with Crippen LogP contribution in [0.4, 0.5) is 0 Å². The molecule has 0 saturated heterocycles. The number of ether oxygens (including phenoxy) is 3. The van der Waals surface area contributed by atoms with Gasteiger partial charge >= 0.3 is 11.9 Å². The Morgan fingerprint density at radius 1 is 0.862 bits per heavy atom. The zero-order chi connectivity index (χ0) is 20.6. The van der Waals surface area contributed by atoms with Crippen molar-refractivity contribution in [1.82, 2.24) is 0 Å². The van der Waals surface area contributed by atoms with E-state index in [0.717, 1.165) is 9.13 Å². The fourth-order valence-corrected chi connectivity index (χ4v) is 3.01. The van der Waals surface area contributed by atoms with Crippen LogP contribution in [-0.2, 0) is 4.74 Å². The van der Waals surface area contributed by atoms with Gasteiger partial charge in [0.05, 0.1) is 5.56 Å². The number of benzene rings is 3. The van der Waals surface area contributed by atoms with Crippen molar-refractivity contribution in [2.45, 2.75) is 6.92 Å². The second kappa shape index (κ2) is 10.1. The maximum Gasteiger partial charge on any atom is 0.343 e. The molecule has 148 valence electrons. The van der Waals surface area contributed by atoms with Gasteiger partial charge in [-0.05, 0) is 71.5 Å². The summed E-state index contributed by atoms with van der Waals surface area (Å²) in [6, 6.07) is 21.1. The van der Waals surface area contributed by atoms with E-state index >= 15 is 0 Å². The minimum Gasteiger partial charge on any atom is -0.490 e. The molecule has 0 N–H and O–H groups in total. The van der Waals surface area contributed by atoms with Crippen molar-refractivity contribution in [2.24, 2.45) is 0 Å². The first-order chi connectivity index (χ1) is 14.0. The second-order valence-corrected chi connectivity index (χ2v) is 7.31. The van der Waals surface area contributed by atoms with Gasteiger partial charge in [-0.1, -0.05) is 36.4 Å². The molecule has 29 heavy (non-hydrogen) atoms. The summed E-state index contributed by atoms with van der Waals surface area (Å²) in [7, 11) is 0. The molecule has 3 aromatic rings. The molecule has 0 aromatic heterocycles. The largest absolute Gasteiger partial charge is 0.490 e. The first-order valence-corrected chi connectivity index (χ1v) is 10.0. The molecule has 0 saturated carbocycles. The van der Waals surface area contributed by atoms with Crippen LogP contribution in [0.3, 0.4) is 0 Å². The predicted molar refractivity (Wildman–Crippen MR) is 118 cm³/mol. The maximum atomic E-state index is 12.5. The molecule has 3 aromatic carbocycles. The van der Waals surface area contributed by atoms with E-state index in [-0.39, 0.29) is 24.5 Å². The topological polar surface area (TPSA) is 61.8 Å². The van der Waals surface area contributed by atoms with Crippen LogP contribution >= 0.6 is 22.6 Å².